The number of para-hydroxylation sites is 1. The van der Waals surface area contributed by atoms with Gasteiger partial charge >= 0.3 is 0 Å². The van der Waals surface area contributed by atoms with Crippen LogP contribution in [0.4, 0.5) is 0 Å². The van der Waals surface area contributed by atoms with Crippen molar-refractivity contribution in [3.8, 4) is 5.75 Å². The van der Waals surface area contributed by atoms with Crippen molar-refractivity contribution in [1.82, 2.24) is 9.99 Å². The summed E-state index contributed by atoms with van der Waals surface area (Å²) in [5.74, 6) is 0.483. The summed E-state index contributed by atoms with van der Waals surface area (Å²) in [6.45, 7) is 5.49. The van der Waals surface area contributed by atoms with E-state index in [4.69, 9.17) is 16.3 Å². The van der Waals surface area contributed by atoms with Gasteiger partial charge in [0.2, 0.25) is 0 Å². The van der Waals surface area contributed by atoms with Crippen molar-refractivity contribution in [3.63, 3.8) is 0 Å². The van der Waals surface area contributed by atoms with Crippen LogP contribution in [0.15, 0.2) is 77.9 Å². The number of halogens is 1. The first kappa shape index (κ1) is 22.6. The molecule has 0 atom stereocenters. The molecule has 4 rings (SSSR count). The van der Waals surface area contributed by atoms with Gasteiger partial charge in [0.05, 0.1) is 12.8 Å². The lowest BCUT2D eigenvalue weighted by Gasteiger charge is -2.09. The lowest BCUT2D eigenvalue weighted by Crippen LogP contribution is -2.17. The predicted molar refractivity (Wildman–Crippen MR) is 135 cm³/mol. The Morgan fingerprint density at radius 3 is 2.52 bits per heavy atom. The highest BCUT2D eigenvalue weighted by Gasteiger charge is 2.13. The molecule has 4 aromatic rings. The molecule has 0 aliphatic heterocycles. The van der Waals surface area contributed by atoms with Crippen LogP contribution in [0.2, 0.25) is 5.02 Å². The molecule has 33 heavy (non-hydrogen) atoms. The zero-order valence-corrected chi connectivity index (χ0v) is 19.5. The fourth-order valence-electron chi connectivity index (χ4n) is 3.74. The number of benzene rings is 3. The Labute approximate surface area is 198 Å². The number of amides is 1. The third kappa shape index (κ3) is 5.26. The Morgan fingerprint density at radius 2 is 1.79 bits per heavy atom. The monoisotopic (exact) mass is 459 g/mol. The number of ether oxygens (including phenoxy) is 1. The van der Waals surface area contributed by atoms with E-state index < -0.39 is 0 Å². The molecule has 1 N–H and O–H groups in total. The quantitative estimate of drug-likeness (QED) is 0.252. The molecule has 3 aromatic carbocycles. The van der Waals surface area contributed by atoms with E-state index in [1.807, 2.05) is 36.4 Å². The minimum absolute atomic E-state index is 0.268. The third-order valence-electron chi connectivity index (χ3n) is 5.48. The Hall–Kier alpha value is -3.57. The van der Waals surface area contributed by atoms with E-state index in [0.29, 0.717) is 12.2 Å². The molecule has 0 spiro atoms. The van der Waals surface area contributed by atoms with Crippen molar-refractivity contribution in [2.24, 2.45) is 5.10 Å². The number of rotatable bonds is 8. The van der Waals surface area contributed by atoms with Crippen molar-refractivity contribution in [2.45, 2.75) is 26.8 Å². The second-order valence-electron chi connectivity index (χ2n) is 7.80. The van der Waals surface area contributed by atoms with Crippen LogP contribution in [0, 0.1) is 6.92 Å². The smallest absolute Gasteiger partial charge is 0.271 e. The standard InChI is InChI=1S/C27H26ClN3O2/c1-3-16-33-23-14-10-21(11-15-23)27(32)30-29-17-25-19(2)31(26-7-5-4-6-24(25)26)18-20-8-12-22(28)13-9-20/h4-15,17H,3,16,18H2,1-2H3,(H,30,32)/b29-17+. The predicted octanol–water partition coefficient (Wildman–Crippen LogP) is 6.20. The van der Waals surface area contributed by atoms with E-state index in [1.54, 1.807) is 30.5 Å². The summed E-state index contributed by atoms with van der Waals surface area (Å²) in [5, 5.41) is 6.05. The molecule has 0 saturated carbocycles. The minimum Gasteiger partial charge on any atom is -0.494 e. The molecule has 5 nitrogen and oxygen atoms in total. The van der Waals surface area contributed by atoms with Crippen LogP contribution in [0.3, 0.4) is 0 Å². The minimum atomic E-state index is -0.268. The van der Waals surface area contributed by atoms with Gasteiger partial charge in [-0.05, 0) is 61.4 Å². The number of nitrogens with one attached hydrogen (secondary N) is 1. The highest BCUT2D eigenvalue weighted by molar-refractivity contribution is 6.30. The Balaban J connectivity index is 1.53. The lowest BCUT2D eigenvalue weighted by atomic mass is 10.1. The molecule has 0 radical (unpaired) electrons. The van der Waals surface area contributed by atoms with Gasteiger partial charge in [0.25, 0.3) is 5.91 Å². The lowest BCUT2D eigenvalue weighted by molar-refractivity contribution is 0.0955. The van der Waals surface area contributed by atoms with E-state index in [2.05, 4.69) is 41.1 Å². The van der Waals surface area contributed by atoms with Crippen LogP contribution >= 0.6 is 11.6 Å². The number of aromatic nitrogens is 1. The van der Waals surface area contributed by atoms with Gasteiger partial charge in [-0.1, -0.05) is 48.9 Å². The maximum Gasteiger partial charge on any atom is 0.271 e. The van der Waals surface area contributed by atoms with Gasteiger partial charge in [-0.2, -0.15) is 5.10 Å². The molecule has 1 aromatic heterocycles. The molecule has 0 unspecified atom stereocenters. The number of carbonyl (C=O) groups excluding carboxylic acids is 1. The normalized spacial score (nSPS) is 11.2. The summed E-state index contributed by atoms with van der Waals surface area (Å²) in [6.07, 6.45) is 2.65. The summed E-state index contributed by atoms with van der Waals surface area (Å²) < 4.78 is 7.81. The van der Waals surface area contributed by atoms with Crippen molar-refractivity contribution in [3.05, 3.63) is 100 Å². The van der Waals surface area contributed by atoms with Crippen LogP contribution in [-0.2, 0) is 6.54 Å². The molecule has 168 valence electrons. The van der Waals surface area contributed by atoms with Gasteiger partial charge in [0, 0.05) is 39.3 Å². The van der Waals surface area contributed by atoms with E-state index in [9.17, 15) is 4.79 Å². The molecule has 6 heteroatoms. The molecule has 1 heterocycles. The average Bonchev–Trinajstić information content (AvgIpc) is 3.10. The fraction of sp³-hybridized carbons (Fsp3) is 0.185. The summed E-state index contributed by atoms with van der Waals surface area (Å²) >= 11 is 6.04. The molecule has 0 aliphatic carbocycles. The summed E-state index contributed by atoms with van der Waals surface area (Å²) in [4.78, 5) is 12.5. The highest BCUT2D eigenvalue weighted by Crippen LogP contribution is 2.26. The first-order chi connectivity index (χ1) is 16.1. The molecule has 0 bridgehead atoms. The summed E-state index contributed by atoms with van der Waals surface area (Å²) in [7, 11) is 0. The van der Waals surface area contributed by atoms with E-state index in [0.717, 1.165) is 51.5 Å². The highest BCUT2D eigenvalue weighted by atomic mass is 35.5. The second-order valence-corrected chi connectivity index (χ2v) is 8.24. The molecule has 0 aliphatic rings. The molecular weight excluding hydrogens is 434 g/mol. The van der Waals surface area contributed by atoms with Crippen LogP contribution < -0.4 is 10.2 Å². The Morgan fingerprint density at radius 1 is 1.06 bits per heavy atom. The third-order valence-corrected chi connectivity index (χ3v) is 5.73. The maximum atomic E-state index is 12.5. The topological polar surface area (TPSA) is 55.6 Å². The number of fused-ring (bicyclic) bond motifs is 1. The number of nitrogens with zero attached hydrogens (tertiary/aromatic N) is 2. The van der Waals surface area contributed by atoms with Gasteiger partial charge in [-0.15, -0.1) is 0 Å². The molecule has 0 saturated heterocycles. The Kier molecular flexibility index (Phi) is 7.10. The van der Waals surface area contributed by atoms with E-state index in [1.165, 1.54) is 0 Å². The van der Waals surface area contributed by atoms with Gasteiger partial charge in [-0.25, -0.2) is 5.43 Å². The first-order valence-corrected chi connectivity index (χ1v) is 11.3. The van der Waals surface area contributed by atoms with Crippen LogP contribution in [0.1, 0.15) is 40.5 Å². The Bertz CT molecular complexity index is 1280. The van der Waals surface area contributed by atoms with Gasteiger partial charge in [0.15, 0.2) is 0 Å². The van der Waals surface area contributed by atoms with Gasteiger partial charge in [-0.3, -0.25) is 4.79 Å². The zero-order valence-electron chi connectivity index (χ0n) is 18.7. The number of hydrazone groups is 1. The van der Waals surface area contributed by atoms with Crippen molar-refractivity contribution in [2.75, 3.05) is 6.61 Å². The average molecular weight is 460 g/mol. The van der Waals surface area contributed by atoms with Crippen LogP contribution in [0.5, 0.6) is 5.75 Å². The van der Waals surface area contributed by atoms with Crippen molar-refractivity contribution >= 4 is 34.6 Å². The summed E-state index contributed by atoms with van der Waals surface area (Å²) in [5.41, 5.74) is 7.48. The van der Waals surface area contributed by atoms with Crippen LogP contribution in [-0.4, -0.2) is 23.3 Å². The van der Waals surface area contributed by atoms with Crippen molar-refractivity contribution < 1.29 is 9.53 Å². The van der Waals surface area contributed by atoms with Crippen molar-refractivity contribution in [1.29, 1.82) is 0 Å². The van der Waals surface area contributed by atoms with E-state index >= 15 is 0 Å². The maximum absolute atomic E-state index is 12.5. The summed E-state index contributed by atoms with van der Waals surface area (Å²) in [6, 6.07) is 23.1. The second kappa shape index (κ2) is 10.4. The molecular formula is C27H26ClN3O2. The number of hydrogen-bond acceptors (Lipinski definition) is 3. The number of hydrogen-bond donors (Lipinski definition) is 1. The first-order valence-electron chi connectivity index (χ1n) is 11.0. The molecule has 0 fully saturated rings. The zero-order chi connectivity index (χ0) is 23.2. The largest absolute Gasteiger partial charge is 0.494 e. The SMILES string of the molecule is CCCOc1ccc(C(=O)N/N=C/c2c(C)n(Cc3ccc(Cl)cc3)c3ccccc23)cc1. The van der Waals surface area contributed by atoms with Gasteiger partial charge in [0.1, 0.15) is 5.75 Å². The van der Waals surface area contributed by atoms with Crippen LogP contribution in [0.25, 0.3) is 10.9 Å². The number of carbonyl (C=O) groups is 1. The molecule has 1 amide bonds. The fourth-order valence-corrected chi connectivity index (χ4v) is 3.87. The van der Waals surface area contributed by atoms with Gasteiger partial charge < -0.3 is 9.30 Å². The van der Waals surface area contributed by atoms with E-state index in [-0.39, 0.29) is 5.91 Å².